The van der Waals surface area contributed by atoms with E-state index in [1.807, 2.05) is 13.0 Å². The van der Waals surface area contributed by atoms with Crippen molar-refractivity contribution in [3.05, 3.63) is 23.4 Å². The topological polar surface area (TPSA) is 85.2 Å². The Labute approximate surface area is 107 Å². The van der Waals surface area contributed by atoms with E-state index in [0.29, 0.717) is 11.5 Å². The highest BCUT2D eigenvalue weighted by atomic mass is 16.1. The fraction of sp³-hybridized carbons (Fsp3) is 0.538. The first-order chi connectivity index (χ1) is 8.61. The second-order valence-electron chi connectivity index (χ2n) is 4.85. The van der Waals surface area contributed by atoms with E-state index in [2.05, 4.69) is 9.88 Å². The lowest BCUT2D eigenvalue weighted by molar-refractivity contribution is 0.100. The van der Waals surface area contributed by atoms with Gasteiger partial charge in [-0.3, -0.25) is 4.79 Å². The van der Waals surface area contributed by atoms with Crippen LogP contribution in [0, 0.1) is 12.8 Å². The Morgan fingerprint density at radius 3 is 2.67 bits per heavy atom. The van der Waals surface area contributed by atoms with Gasteiger partial charge >= 0.3 is 0 Å². The van der Waals surface area contributed by atoms with Crippen LogP contribution in [0.1, 0.15) is 28.9 Å². The molecule has 98 valence electrons. The van der Waals surface area contributed by atoms with Gasteiger partial charge in [0.15, 0.2) is 0 Å². The molecule has 0 saturated carbocycles. The Morgan fingerprint density at radius 2 is 2.11 bits per heavy atom. The number of amides is 1. The van der Waals surface area contributed by atoms with Crippen molar-refractivity contribution in [1.29, 1.82) is 0 Å². The van der Waals surface area contributed by atoms with Gasteiger partial charge in [-0.25, -0.2) is 4.98 Å². The summed E-state index contributed by atoms with van der Waals surface area (Å²) < 4.78 is 0. The highest BCUT2D eigenvalue weighted by Crippen LogP contribution is 2.24. The first kappa shape index (κ1) is 12.8. The number of nitrogens with zero attached hydrogens (tertiary/aromatic N) is 2. The number of piperidine rings is 1. The molecule has 1 aromatic rings. The number of aryl methyl sites for hydroxylation is 1. The van der Waals surface area contributed by atoms with Crippen LogP contribution in [0.3, 0.4) is 0 Å². The lowest BCUT2D eigenvalue weighted by Gasteiger charge is -2.33. The van der Waals surface area contributed by atoms with Crippen LogP contribution in [0.4, 0.5) is 5.82 Å². The maximum Gasteiger partial charge on any atom is 0.252 e. The Balaban J connectivity index is 2.22. The fourth-order valence-corrected chi connectivity index (χ4v) is 2.36. The third kappa shape index (κ3) is 2.61. The molecule has 5 nitrogen and oxygen atoms in total. The van der Waals surface area contributed by atoms with Gasteiger partial charge in [-0.2, -0.15) is 0 Å². The number of carbonyl (C=O) groups excluding carboxylic acids is 1. The molecule has 0 aliphatic carbocycles. The van der Waals surface area contributed by atoms with Crippen molar-refractivity contribution in [2.75, 3.05) is 24.5 Å². The van der Waals surface area contributed by atoms with Gasteiger partial charge in [0.25, 0.3) is 5.91 Å². The molecule has 1 amide bonds. The van der Waals surface area contributed by atoms with Gasteiger partial charge in [0.05, 0.1) is 5.56 Å². The summed E-state index contributed by atoms with van der Waals surface area (Å²) in [4.78, 5) is 18.0. The summed E-state index contributed by atoms with van der Waals surface area (Å²) in [7, 11) is 0. The van der Waals surface area contributed by atoms with E-state index >= 15 is 0 Å². The number of anilines is 1. The number of primary amides is 1. The molecule has 0 radical (unpaired) electrons. The van der Waals surface area contributed by atoms with Crippen LogP contribution in [0.5, 0.6) is 0 Å². The predicted molar refractivity (Wildman–Crippen MR) is 71.5 cm³/mol. The molecular weight excluding hydrogens is 228 g/mol. The summed E-state index contributed by atoms with van der Waals surface area (Å²) in [5.74, 6) is 0.888. The third-order valence-electron chi connectivity index (χ3n) is 3.53. The molecule has 5 heteroatoms. The highest BCUT2D eigenvalue weighted by Gasteiger charge is 2.22. The molecule has 0 aromatic carbocycles. The number of aromatic nitrogens is 1. The van der Waals surface area contributed by atoms with E-state index in [1.165, 1.54) is 0 Å². The fourth-order valence-electron chi connectivity index (χ4n) is 2.36. The van der Waals surface area contributed by atoms with Gasteiger partial charge in [-0.05, 0) is 44.4 Å². The Bertz CT molecular complexity index is 439. The average Bonchev–Trinajstić information content (AvgIpc) is 2.38. The number of rotatable bonds is 3. The molecule has 18 heavy (non-hydrogen) atoms. The van der Waals surface area contributed by atoms with E-state index < -0.39 is 5.91 Å². The van der Waals surface area contributed by atoms with Crippen LogP contribution in [-0.4, -0.2) is 30.5 Å². The van der Waals surface area contributed by atoms with Gasteiger partial charge in [0.2, 0.25) is 0 Å². The minimum absolute atomic E-state index is 0.418. The van der Waals surface area contributed by atoms with E-state index in [9.17, 15) is 4.79 Å². The molecule has 2 heterocycles. The van der Waals surface area contributed by atoms with Crippen molar-refractivity contribution >= 4 is 11.7 Å². The Morgan fingerprint density at radius 1 is 1.44 bits per heavy atom. The summed E-state index contributed by atoms with van der Waals surface area (Å²) >= 11 is 0. The zero-order valence-corrected chi connectivity index (χ0v) is 10.7. The molecule has 0 unspecified atom stereocenters. The number of pyridine rings is 1. The molecular formula is C13H20N4O. The summed E-state index contributed by atoms with van der Waals surface area (Å²) in [6.45, 7) is 4.43. The molecule has 1 fully saturated rings. The van der Waals surface area contributed by atoms with Gasteiger partial charge in [0, 0.05) is 18.8 Å². The van der Waals surface area contributed by atoms with Crippen LogP contribution in [0.25, 0.3) is 0 Å². The standard InChI is InChI=1S/C13H20N4O/c1-9-2-3-11(12(15)18)13(16-9)17-6-4-10(8-14)5-7-17/h2-3,10H,4-8,14H2,1H3,(H2,15,18). The third-order valence-corrected chi connectivity index (χ3v) is 3.53. The van der Waals surface area contributed by atoms with Gasteiger partial charge in [-0.1, -0.05) is 0 Å². The second kappa shape index (κ2) is 5.35. The van der Waals surface area contributed by atoms with Crippen molar-refractivity contribution in [2.45, 2.75) is 19.8 Å². The van der Waals surface area contributed by atoms with Crippen LogP contribution in [0.15, 0.2) is 12.1 Å². The number of hydrogen-bond donors (Lipinski definition) is 2. The zero-order chi connectivity index (χ0) is 13.1. The van der Waals surface area contributed by atoms with Crippen LogP contribution in [-0.2, 0) is 0 Å². The van der Waals surface area contributed by atoms with Gasteiger partial charge in [-0.15, -0.1) is 0 Å². The summed E-state index contributed by atoms with van der Waals surface area (Å²) in [6, 6.07) is 3.57. The van der Waals surface area contributed by atoms with Crippen molar-refractivity contribution in [2.24, 2.45) is 17.4 Å². The molecule has 1 saturated heterocycles. The van der Waals surface area contributed by atoms with Crippen molar-refractivity contribution < 1.29 is 4.79 Å². The van der Waals surface area contributed by atoms with Crippen molar-refractivity contribution in [3.8, 4) is 0 Å². The van der Waals surface area contributed by atoms with Gasteiger partial charge < -0.3 is 16.4 Å². The van der Waals surface area contributed by atoms with E-state index in [4.69, 9.17) is 11.5 Å². The summed E-state index contributed by atoms with van der Waals surface area (Å²) in [6.07, 6.45) is 2.09. The van der Waals surface area contributed by atoms with Crippen LogP contribution < -0.4 is 16.4 Å². The van der Waals surface area contributed by atoms with E-state index in [0.717, 1.165) is 44.0 Å². The SMILES string of the molecule is Cc1ccc(C(N)=O)c(N2CCC(CN)CC2)n1. The largest absolute Gasteiger partial charge is 0.365 e. The molecule has 0 atom stereocenters. The normalized spacial score (nSPS) is 16.9. The van der Waals surface area contributed by atoms with Crippen LogP contribution in [0.2, 0.25) is 0 Å². The smallest absolute Gasteiger partial charge is 0.252 e. The lowest BCUT2D eigenvalue weighted by Crippen LogP contribution is -2.37. The molecule has 2 rings (SSSR count). The maximum atomic E-state index is 11.4. The highest BCUT2D eigenvalue weighted by molar-refractivity contribution is 5.97. The monoisotopic (exact) mass is 248 g/mol. The molecule has 4 N–H and O–H groups in total. The lowest BCUT2D eigenvalue weighted by atomic mass is 9.97. The molecule has 1 aliphatic heterocycles. The summed E-state index contributed by atoms with van der Waals surface area (Å²) in [5.41, 5.74) is 12.5. The first-order valence-electron chi connectivity index (χ1n) is 6.34. The number of nitrogens with two attached hydrogens (primary N) is 2. The van der Waals surface area contributed by atoms with Gasteiger partial charge in [0.1, 0.15) is 5.82 Å². The molecule has 0 bridgehead atoms. The number of carbonyl (C=O) groups is 1. The Kier molecular flexibility index (Phi) is 3.81. The first-order valence-corrected chi connectivity index (χ1v) is 6.34. The maximum absolute atomic E-state index is 11.4. The second-order valence-corrected chi connectivity index (χ2v) is 4.85. The molecule has 1 aromatic heterocycles. The minimum Gasteiger partial charge on any atom is -0.365 e. The molecule has 0 spiro atoms. The zero-order valence-electron chi connectivity index (χ0n) is 10.7. The average molecular weight is 248 g/mol. The molecule has 1 aliphatic rings. The van der Waals surface area contributed by atoms with E-state index in [-0.39, 0.29) is 0 Å². The predicted octanol–water partition coefficient (Wildman–Crippen LogP) is 0.664. The Hall–Kier alpha value is -1.62. The minimum atomic E-state index is -0.418. The van der Waals surface area contributed by atoms with E-state index in [1.54, 1.807) is 6.07 Å². The quantitative estimate of drug-likeness (QED) is 0.823. The van der Waals surface area contributed by atoms with Crippen LogP contribution >= 0.6 is 0 Å². The van der Waals surface area contributed by atoms with Crippen molar-refractivity contribution in [3.63, 3.8) is 0 Å². The summed E-state index contributed by atoms with van der Waals surface area (Å²) in [5, 5.41) is 0. The number of hydrogen-bond acceptors (Lipinski definition) is 4. The van der Waals surface area contributed by atoms with Crippen molar-refractivity contribution in [1.82, 2.24) is 4.98 Å².